The minimum absolute atomic E-state index is 0.183. The quantitative estimate of drug-likeness (QED) is 0.831. The van der Waals surface area contributed by atoms with Crippen LogP contribution >= 0.6 is 0 Å². The molecule has 2 heterocycles. The van der Waals surface area contributed by atoms with Crippen molar-refractivity contribution in [2.24, 2.45) is 0 Å². The molecule has 0 bridgehead atoms. The Balaban J connectivity index is 2.16. The molecule has 0 amide bonds. The van der Waals surface area contributed by atoms with Gasteiger partial charge in [0.15, 0.2) is 0 Å². The highest BCUT2D eigenvalue weighted by Crippen LogP contribution is 2.21. The van der Waals surface area contributed by atoms with Gasteiger partial charge in [0.2, 0.25) is 10.0 Å². The Labute approximate surface area is 111 Å². The molecule has 0 aromatic carbocycles. The molecular formula is C11H15N3O4S. The maximum Gasteiger partial charge on any atom is 0.337 e. The molecule has 8 heteroatoms. The van der Waals surface area contributed by atoms with E-state index in [0.717, 1.165) is 0 Å². The molecule has 0 aliphatic carbocycles. The van der Waals surface area contributed by atoms with Crippen molar-refractivity contribution in [3.05, 3.63) is 24.0 Å². The van der Waals surface area contributed by atoms with Gasteiger partial charge < -0.3 is 10.0 Å². The van der Waals surface area contributed by atoms with E-state index in [1.807, 2.05) is 4.90 Å². The predicted octanol–water partition coefficient (Wildman–Crippen LogP) is -0.139. The van der Waals surface area contributed by atoms with Gasteiger partial charge in [-0.15, -0.1) is 0 Å². The SMILES string of the molecule is CS(=O)(=O)N1CCN(c2cnccc2C(=O)O)CC1. The number of carboxylic acid groups (broad SMARTS) is 1. The van der Waals surface area contributed by atoms with E-state index in [0.29, 0.717) is 31.9 Å². The van der Waals surface area contributed by atoms with Crippen LogP contribution in [0.2, 0.25) is 0 Å². The summed E-state index contributed by atoms with van der Waals surface area (Å²) in [6.45, 7) is 1.62. The largest absolute Gasteiger partial charge is 0.478 e. The lowest BCUT2D eigenvalue weighted by Crippen LogP contribution is -2.48. The number of pyridine rings is 1. The fourth-order valence-electron chi connectivity index (χ4n) is 2.08. The third-order valence-electron chi connectivity index (χ3n) is 3.08. The molecule has 1 fully saturated rings. The third-order valence-corrected chi connectivity index (χ3v) is 4.38. The summed E-state index contributed by atoms with van der Waals surface area (Å²) < 4.78 is 24.2. The number of piperazine rings is 1. The number of carbonyl (C=O) groups is 1. The summed E-state index contributed by atoms with van der Waals surface area (Å²) in [5.41, 5.74) is 0.714. The Hall–Kier alpha value is -1.67. The van der Waals surface area contributed by atoms with Crippen LogP contribution in [0.25, 0.3) is 0 Å². The third kappa shape index (κ3) is 3.02. The van der Waals surface area contributed by atoms with Gasteiger partial charge in [-0.05, 0) is 6.07 Å². The van der Waals surface area contributed by atoms with Gasteiger partial charge in [0.1, 0.15) is 0 Å². The topological polar surface area (TPSA) is 90.8 Å². The molecule has 0 radical (unpaired) electrons. The van der Waals surface area contributed by atoms with Crippen LogP contribution in [0.3, 0.4) is 0 Å². The average molecular weight is 285 g/mol. The standard InChI is InChI=1S/C11H15N3O4S/c1-19(17,18)14-6-4-13(5-7-14)10-8-12-3-2-9(10)11(15)16/h2-3,8H,4-7H2,1H3,(H,15,16). The normalized spacial score (nSPS) is 17.4. The molecule has 19 heavy (non-hydrogen) atoms. The Morgan fingerprint density at radius 3 is 2.47 bits per heavy atom. The molecule has 0 atom stereocenters. The molecule has 1 aliphatic heterocycles. The first-order valence-electron chi connectivity index (χ1n) is 5.77. The van der Waals surface area contributed by atoms with Crippen LogP contribution in [-0.2, 0) is 10.0 Å². The van der Waals surface area contributed by atoms with Gasteiger partial charge in [0.25, 0.3) is 0 Å². The van der Waals surface area contributed by atoms with Crippen molar-refractivity contribution in [2.45, 2.75) is 0 Å². The Morgan fingerprint density at radius 2 is 1.95 bits per heavy atom. The fraction of sp³-hybridized carbons (Fsp3) is 0.455. The maximum absolute atomic E-state index is 11.4. The van der Waals surface area contributed by atoms with Crippen molar-refractivity contribution in [3.8, 4) is 0 Å². The Morgan fingerprint density at radius 1 is 1.32 bits per heavy atom. The van der Waals surface area contributed by atoms with Crippen LogP contribution in [0, 0.1) is 0 Å². The zero-order valence-corrected chi connectivity index (χ0v) is 11.3. The number of aromatic carboxylic acids is 1. The highest BCUT2D eigenvalue weighted by atomic mass is 32.2. The van der Waals surface area contributed by atoms with Gasteiger partial charge in [-0.25, -0.2) is 13.2 Å². The van der Waals surface area contributed by atoms with Crippen LogP contribution in [0.5, 0.6) is 0 Å². The van der Waals surface area contributed by atoms with Crippen molar-refractivity contribution >= 4 is 21.7 Å². The van der Waals surface area contributed by atoms with Crippen molar-refractivity contribution in [2.75, 3.05) is 37.3 Å². The molecule has 1 saturated heterocycles. The first kappa shape index (κ1) is 13.8. The van der Waals surface area contributed by atoms with Crippen molar-refractivity contribution in [1.29, 1.82) is 0 Å². The Kier molecular flexibility index (Phi) is 3.72. The zero-order chi connectivity index (χ0) is 14.0. The van der Waals surface area contributed by atoms with Crippen LogP contribution in [0.4, 0.5) is 5.69 Å². The second-order valence-corrected chi connectivity index (χ2v) is 6.33. The zero-order valence-electron chi connectivity index (χ0n) is 10.5. The molecule has 0 saturated carbocycles. The van der Waals surface area contributed by atoms with E-state index in [4.69, 9.17) is 5.11 Å². The van der Waals surface area contributed by atoms with Crippen molar-refractivity contribution < 1.29 is 18.3 Å². The van der Waals surface area contributed by atoms with Crippen LogP contribution in [0.15, 0.2) is 18.5 Å². The molecule has 1 aromatic rings. The highest BCUT2D eigenvalue weighted by molar-refractivity contribution is 7.88. The lowest BCUT2D eigenvalue weighted by atomic mass is 10.2. The smallest absolute Gasteiger partial charge is 0.337 e. The molecule has 104 valence electrons. The molecule has 1 N–H and O–H groups in total. The minimum Gasteiger partial charge on any atom is -0.478 e. The van der Waals surface area contributed by atoms with E-state index in [2.05, 4.69) is 4.98 Å². The van der Waals surface area contributed by atoms with E-state index in [1.165, 1.54) is 29.0 Å². The molecule has 2 rings (SSSR count). The predicted molar refractivity (Wildman–Crippen MR) is 69.8 cm³/mol. The number of rotatable bonds is 3. The van der Waals surface area contributed by atoms with Gasteiger partial charge in [0.05, 0.1) is 23.7 Å². The van der Waals surface area contributed by atoms with Gasteiger partial charge >= 0.3 is 5.97 Å². The molecule has 7 nitrogen and oxygen atoms in total. The molecule has 1 aliphatic rings. The van der Waals surface area contributed by atoms with E-state index in [1.54, 1.807) is 0 Å². The van der Waals surface area contributed by atoms with E-state index >= 15 is 0 Å². The van der Waals surface area contributed by atoms with Crippen LogP contribution in [-0.4, -0.2) is 61.2 Å². The summed E-state index contributed by atoms with van der Waals surface area (Å²) >= 11 is 0. The van der Waals surface area contributed by atoms with Gasteiger partial charge in [-0.2, -0.15) is 4.31 Å². The van der Waals surface area contributed by atoms with Gasteiger partial charge in [-0.1, -0.05) is 0 Å². The number of sulfonamides is 1. The second kappa shape index (κ2) is 5.14. The summed E-state index contributed by atoms with van der Waals surface area (Å²) in [5.74, 6) is -1.01. The van der Waals surface area contributed by atoms with Gasteiger partial charge in [-0.3, -0.25) is 4.98 Å². The van der Waals surface area contributed by atoms with E-state index in [9.17, 15) is 13.2 Å². The van der Waals surface area contributed by atoms with Gasteiger partial charge in [0, 0.05) is 32.4 Å². The van der Waals surface area contributed by atoms with Crippen molar-refractivity contribution in [1.82, 2.24) is 9.29 Å². The number of nitrogens with zero attached hydrogens (tertiary/aromatic N) is 3. The highest BCUT2D eigenvalue weighted by Gasteiger charge is 2.25. The summed E-state index contributed by atoms with van der Waals surface area (Å²) in [6, 6.07) is 1.45. The van der Waals surface area contributed by atoms with Crippen molar-refractivity contribution in [3.63, 3.8) is 0 Å². The Bertz CT molecular complexity index is 579. The average Bonchev–Trinajstić information content (AvgIpc) is 2.38. The lowest BCUT2D eigenvalue weighted by Gasteiger charge is -2.35. The minimum atomic E-state index is -3.18. The van der Waals surface area contributed by atoms with Crippen LogP contribution < -0.4 is 4.90 Å². The maximum atomic E-state index is 11.4. The summed E-state index contributed by atoms with van der Waals surface area (Å²) in [6.07, 6.45) is 4.11. The summed E-state index contributed by atoms with van der Waals surface area (Å²) in [5, 5.41) is 9.12. The second-order valence-electron chi connectivity index (χ2n) is 4.35. The lowest BCUT2D eigenvalue weighted by molar-refractivity contribution is 0.0697. The number of anilines is 1. The van der Waals surface area contributed by atoms with E-state index in [-0.39, 0.29) is 5.56 Å². The first-order chi connectivity index (χ1) is 8.89. The number of hydrogen-bond acceptors (Lipinski definition) is 5. The summed E-state index contributed by atoms with van der Waals surface area (Å²) in [4.78, 5) is 16.9. The summed E-state index contributed by atoms with van der Waals surface area (Å²) in [7, 11) is -3.18. The number of hydrogen-bond donors (Lipinski definition) is 1. The van der Waals surface area contributed by atoms with E-state index < -0.39 is 16.0 Å². The van der Waals surface area contributed by atoms with Crippen LogP contribution in [0.1, 0.15) is 10.4 Å². The monoisotopic (exact) mass is 285 g/mol. The fourth-order valence-corrected chi connectivity index (χ4v) is 2.91. The molecule has 1 aromatic heterocycles. The number of carboxylic acids is 1. The molecular weight excluding hydrogens is 270 g/mol. The molecule has 0 unspecified atom stereocenters. The number of aromatic nitrogens is 1. The first-order valence-corrected chi connectivity index (χ1v) is 7.62. The molecule has 0 spiro atoms.